The highest BCUT2D eigenvalue weighted by molar-refractivity contribution is 8.16. The van der Waals surface area contributed by atoms with Gasteiger partial charge in [-0.15, -0.1) is 0 Å². The molecule has 8 nitrogen and oxygen atoms in total. The van der Waals surface area contributed by atoms with Gasteiger partial charge in [0.15, 0.2) is 5.17 Å². The van der Waals surface area contributed by atoms with Crippen LogP contribution in [0.15, 0.2) is 51.6 Å². The number of allylic oxidation sites excluding steroid dienone is 1. The van der Waals surface area contributed by atoms with E-state index < -0.39 is 12.0 Å². The fraction of sp³-hybridized carbons (Fsp3) is 0.480. The van der Waals surface area contributed by atoms with Gasteiger partial charge in [-0.3, -0.25) is 4.79 Å². The number of hydrogen-bond donors (Lipinski definition) is 1. The molecule has 1 saturated heterocycles. The van der Waals surface area contributed by atoms with E-state index >= 15 is 0 Å². The van der Waals surface area contributed by atoms with E-state index in [1.807, 2.05) is 55.3 Å². The zero-order chi connectivity index (χ0) is 24.2. The Balaban J connectivity index is 1.61. The summed E-state index contributed by atoms with van der Waals surface area (Å²) in [5.41, 5.74) is 2.76. The number of esters is 1. The summed E-state index contributed by atoms with van der Waals surface area (Å²) in [6, 6.07) is 7.13. The van der Waals surface area contributed by atoms with E-state index in [4.69, 9.17) is 14.2 Å². The second-order valence-corrected chi connectivity index (χ2v) is 9.57. The van der Waals surface area contributed by atoms with Crippen LogP contribution in [0.5, 0.6) is 5.75 Å². The minimum absolute atomic E-state index is 0.0815. The molecule has 3 aliphatic rings. The predicted molar refractivity (Wildman–Crippen MR) is 131 cm³/mol. The Labute approximate surface area is 204 Å². The van der Waals surface area contributed by atoms with Gasteiger partial charge >= 0.3 is 5.97 Å². The fourth-order valence-corrected chi connectivity index (χ4v) is 5.23. The summed E-state index contributed by atoms with van der Waals surface area (Å²) in [4.78, 5) is 32.6. The zero-order valence-corrected chi connectivity index (χ0v) is 20.8. The highest BCUT2D eigenvalue weighted by Gasteiger charge is 2.41. The quantitative estimate of drug-likeness (QED) is 0.559. The number of ether oxygens (including phenoxy) is 3. The molecule has 0 saturated carbocycles. The second-order valence-electron chi connectivity index (χ2n) is 8.74. The molecule has 0 aromatic heterocycles. The molecule has 0 unspecified atom stereocenters. The summed E-state index contributed by atoms with van der Waals surface area (Å²) in [5.74, 6) is 0.227. The van der Waals surface area contributed by atoms with Crippen molar-refractivity contribution in [3.8, 4) is 5.75 Å². The molecule has 0 bridgehead atoms. The SMILES string of the molecule is COc1ccc([C@@H]2C(C(=O)OC(C)C)=C(C)N=C3SC=C(CC(=O)NC[C@@H]4CCCO4)N32)cc1. The molecule has 0 aliphatic carbocycles. The van der Waals surface area contributed by atoms with Crippen LogP contribution in [0.25, 0.3) is 0 Å². The molecule has 3 heterocycles. The number of hydrogen-bond acceptors (Lipinski definition) is 8. The number of methoxy groups -OCH3 is 1. The number of amides is 1. The molecule has 1 fully saturated rings. The Bertz CT molecular complexity index is 1030. The van der Waals surface area contributed by atoms with E-state index in [1.165, 1.54) is 11.8 Å². The molecule has 4 rings (SSSR count). The van der Waals surface area contributed by atoms with Crippen LogP contribution in [0, 0.1) is 0 Å². The molecule has 182 valence electrons. The average molecular weight is 486 g/mol. The van der Waals surface area contributed by atoms with Gasteiger partial charge in [-0.2, -0.15) is 0 Å². The first-order valence-electron chi connectivity index (χ1n) is 11.5. The maximum Gasteiger partial charge on any atom is 0.338 e. The third-order valence-electron chi connectivity index (χ3n) is 5.89. The van der Waals surface area contributed by atoms with Crippen molar-refractivity contribution in [2.24, 2.45) is 4.99 Å². The van der Waals surface area contributed by atoms with Gasteiger partial charge in [0.2, 0.25) is 5.91 Å². The summed E-state index contributed by atoms with van der Waals surface area (Å²) in [6.45, 7) is 6.73. The van der Waals surface area contributed by atoms with Gasteiger partial charge in [-0.05, 0) is 56.7 Å². The average Bonchev–Trinajstić information content (AvgIpc) is 3.46. The lowest BCUT2D eigenvalue weighted by Gasteiger charge is -2.36. The first-order valence-corrected chi connectivity index (χ1v) is 12.4. The van der Waals surface area contributed by atoms with Crippen molar-refractivity contribution >= 4 is 28.8 Å². The number of carbonyl (C=O) groups is 2. The number of carbonyl (C=O) groups excluding carboxylic acids is 2. The largest absolute Gasteiger partial charge is 0.497 e. The third kappa shape index (κ3) is 5.31. The molecular formula is C25H31N3O5S. The Morgan fingerprint density at radius 2 is 2.06 bits per heavy atom. The number of nitrogens with zero attached hydrogens (tertiary/aromatic N) is 2. The van der Waals surface area contributed by atoms with E-state index in [1.54, 1.807) is 7.11 Å². The summed E-state index contributed by atoms with van der Waals surface area (Å²) in [5, 5.41) is 5.66. The van der Waals surface area contributed by atoms with Crippen molar-refractivity contribution in [1.29, 1.82) is 0 Å². The third-order valence-corrected chi connectivity index (χ3v) is 6.78. The number of thioether (sulfide) groups is 1. The molecule has 1 aromatic carbocycles. The Morgan fingerprint density at radius 1 is 1.29 bits per heavy atom. The van der Waals surface area contributed by atoms with Crippen molar-refractivity contribution in [2.75, 3.05) is 20.3 Å². The zero-order valence-electron chi connectivity index (χ0n) is 20.0. The summed E-state index contributed by atoms with van der Waals surface area (Å²) in [6.07, 6.45) is 1.99. The normalized spacial score (nSPS) is 21.9. The Morgan fingerprint density at radius 3 is 2.71 bits per heavy atom. The van der Waals surface area contributed by atoms with Crippen LogP contribution in [0.4, 0.5) is 0 Å². The maximum absolute atomic E-state index is 13.2. The number of rotatable bonds is 8. The summed E-state index contributed by atoms with van der Waals surface area (Å²) < 4.78 is 16.5. The Hall–Kier alpha value is -2.78. The van der Waals surface area contributed by atoms with Crippen molar-refractivity contribution < 1.29 is 23.8 Å². The van der Waals surface area contributed by atoms with Crippen LogP contribution < -0.4 is 10.1 Å². The van der Waals surface area contributed by atoms with Crippen molar-refractivity contribution in [3.63, 3.8) is 0 Å². The van der Waals surface area contributed by atoms with Gasteiger partial charge < -0.3 is 24.4 Å². The van der Waals surface area contributed by atoms with Crippen LogP contribution in [0.1, 0.15) is 51.6 Å². The van der Waals surface area contributed by atoms with Gasteiger partial charge in [0, 0.05) is 18.8 Å². The van der Waals surface area contributed by atoms with Crippen LogP contribution in [0.2, 0.25) is 0 Å². The van der Waals surface area contributed by atoms with Gasteiger partial charge in [0.05, 0.1) is 43.1 Å². The van der Waals surface area contributed by atoms with Gasteiger partial charge in [-0.1, -0.05) is 23.9 Å². The summed E-state index contributed by atoms with van der Waals surface area (Å²) in [7, 11) is 1.61. The van der Waals surface area contributed by atoms with Gasteiger partial charge in [-0.25, -0.2) is 9.79 Å². The fourth-order valence-electron chi connectivity index (χ4n) is 4.27. The molecule has 1 N–H and O–H groups in total. The molecule has 0 spiro atoms. The monoisotopic (exact) mass is 485 g/mol. The minimum atomic E-state index is -0.461. The minimum Gasteiger partial charge on any atom is -0.497 e. The Kier molecular flexibility index (Phi) is 7.63. The predicted octanol–water partition coefficient (Wildman–Crippen LogP) is 3.91. The highest BCUT2D eigenvalue weighted by atomic mass is 32.2. The van der Waals surface area contributed by atoms with Crippen molar-refractivity contribution in [2.45, 2.75) is 58.3 Å². The van der Waals surface area contributed by atoms with E-state index in [-0.39, 0.29) is 24.5 Å². The van der Waals surface area contributed by atoms with Crippen molar-refractivity contribution in [1.82, 2.24) is 10.2 Å². The molecule has 2 atom stereocenters. The van der Waals surface area contributed by atoms with E-state index in [0.717, 1.165) is 41.6 Å². The first kappa shape index (κ1) is 24.3. The number of amidine groups is 1. The highest BCUT2D eigenvalue weighted by Crippen LogP contribution is 2.45. The molecule has 1 amide bonds. The molecule has 9 heteroatoms. The maximum atomic E-state index is 13.2. The van der Waals surface area contributed by atoms with Crippen LogP contribution in [0.3, 0.4) is 0 Å². The number of aliphatic imine (C=N–C) groups is 1. The molecule has 0 radical (unpaired) electrons. The summed E-state index contributed by atoms with van der Waals surface area (Å²) >= 11 is 1.46. The number of benzene rings is 1. The molecule has 3 aliphatic heterocycles. The number of nitrogens with one attached hydrogen (secondary N) is 1. The number of fused-ring (bicyclic) bond motifs is 1. The van der Waals surface area contributed by atoms with Crippen LogP contribution in [-0.2, 0) is 19.1 Å². The van der Waals surface area contributed by atoms with Gasteiger partial charge in [0.1, 0.15) is 5.75 Å². The lowest BCUT2D eigenvalue weighted by Crippen LogP contribution is -2.39. The smallest absolute Gasteiger partial charge is 0.338 e. The first-order chi connectivity index (χ1) is 16.4. The standard InChI is InChI=1S/C25H31N3O5S/c1-15(2)33-24(30)22-16(3)27-25-28(23(22)17-7-9-19(31-4)10-8-17)18(14-34-25)12-21(29)26-13-20-6-5-11-32-20/h7-10,14-15,20,23H,5-6,11-13H2,1-4H3,(H,26,29)/t20-,23+/m0/s1. The van der Waals surface area contributed by atoms with Crippen LogP contribution in [-0.4, -0.2) is 54.4 Å². The molecule has 34 heavy (non-hydrogen) atoms. The van der Waals surface area contributed by atoms with Gasteiger partial charge in [0.25, 0.3) is 0 Å². The van der Waals surface area contributed by atoms with E-state index in [9.17, 15) is 9.59 Å². The second kappa shape index (κ2) is 10.7. The molecule has 1 aromatic rings. The lowest BCUT2D eigenvalue weighted by atomic mass is 9.93. The van der Waals surface area contributed by atoms with Crippen LogP contribution >= 0.6 is 11.8 Å². The molecular weight excluding hydrogens is 454 g/mol. The van der Waals surface area contributed by atoms with E-state index in [2.05, 4.69) is 10.3 Å². The topological polar surface area (TPSA) is 89.5 Å². The van der Waals surface area contributed by atoms with E-state index in [0.29, 0.717) is 17.8 Å². The van der Waals surface area contributed by atoms with Crippen molar-refractivity contribution in [3.05, 3.63) is 52.2 Å². The lowest BCUT2D eigenvalue weighted by molar-refractivity contribution is -0.143.